The fraction of sp³-hybridized carbons (Fsp3) is 0.579. The van der Waals surface area contributed by atoms with E-state index in [1.165, 1.54) is 0 Å². The van der Waals surface area contributed by atoms with Crippen molar-refractivity contribution in [3.8, 4) is 0 Å². The zero-order chi connectivity index (χ0) is 19.3. The molecule has 0 radical (unpaired) electrons. The minimum atomic E-state index is -0.948. The molecule has 144 valence electrons. The van der Waals surface area contributed by atoms with Crippen molar-refractivity contribution in [1.82, 2.24) is 4.90 Å². The molecule has 0 aromatic heterocycles. The van der Waals surface area contributed by atoms with E-state index in [4.69, 9.17) is 16.7 Å². The molecular weight excluding hydrogens is 374 g/mol. The van der Waals surface area contributed by atoms with Crippen molar-refractivity contribution in [3.63, 3.8) is 0 Å². The SMILES string of the molecule is CCC(CC[S+](C)[O-])N1C(=O)C(CC(=O)O)CC[C@H]1c1ccc(Cl)cc1. The number of halogens is 1. The van der Waals surface area contributed by atoms with Gasteiger partial charge < -0.3 is 14.6 Å². The van der Waals surface area contributed by atoms with Crippen LogP contribution in [0.4, 0.5) is 0 Å². The van der Waals surface area contributed by atoms with Gasteiger partial charge in [-0.3, -0.25) is 9.59 Å². The number of benzene rings is 1. The lowest BCUT2D eigenvalue weighted by molar-refractivity contribution is -0.151. The van der Waals surface area contributed by atoms with Gasteiger partial charge in [0.1, 0.15) is 5.75 Å². The van der Waals surface area contributed by atoms with Gasteiger partial charge in [-0.2, -0.15) is 0 Å². The lowest BCUT2D eigenvalue weighted by Crippen LogP contribution is -2.49. The highest BCUT2D eigenvalue weighted by Gasteiger charge is 2.40. The van der Waals surface area contributed by atoms with Crippen LogP contribution < -0.4 is 0 Å². The molecule has 0 saturated carbocycles. The van der Waals surface area contributed by atoms with Gasteiger partial charge in [-0.1, -0.05) is 41.8 Å². The molecule has 1 amide bonds. The van der Waals surface area contributed by atoms with Gasteiger partial charge in [-0.25, -0.2) is 0 Å². The van der Waals surface area contributed by atoms with Crippen molar-refractivity contribution in [2.24, 2.45) is 5.92 Å². The van der Waals surface area contributed by atoms with Crippen LogP contribution in [0.3, 0.4) is 0 Å². The van der Waals surface area contributed by atoms with Crippen molar-refractivity contribution >= 4 is 34.7 Å². The molecule has 7 heteroatoms. The van der Waals surface area contributed by atoms with E-state index in [-0.39, 0.29) is 24.4 Å². The Bertz CT molecular complexity index is 622. The van der Waals surface area contributed by atoms with Crippen LogP contribution >= 0.6 is 11.6 Å². The number of hydrogen-bond donors (Lipinski definition) is 1. The Labute approximate surface area is 162 Å². The Morgan fingerprint density at radius 2 is 2.04 bits per heavy atom. The van der Waals surface area contributed by atoms with E-state index in [1.807, 2.05) is 36.1 Å². The van der Waals surface area contributed by atoms with Crippen LogP contribution in [0.15, 0.2) is 24.3 Å². The molecule has 1 heterocycles. The lowest BCUT2D eigenvalue weighted by atomic mass is 9.84. The molecule has 1 aromatic carbocycles. The molecule has 2 rings (SSSR count). The summed E-state index contributed by atoms with van der Waals surface area (Å²) in [6.45, 7) is 2.01. The Morgan fingerprint density at radius 1 is 1.38 bits per heavy atom. The highest BCUT2D eigenvalue weighted by atomic mass is 35.5. The van der Waals surface area contributed by atoms with Crippen molar-refractivity contribution < 1.29 is 19.2 Å². The molecule has 0 bridgehead atoms. The number of nitrogens with zero attached hydrogens (tertiary/aromatic N) is 1. The fourth-order valence-electron chi connectivity index (χ4n) is 3.67. The van der Waals surface area contributed by atoms with E-state index in [0.29, 0.717) is 23.6 Å². The second kappa shape index (κ2) is 9.62. The van der Waals surface area contributed by atoms with Crippen LogP contribution in [-0.2, 0) is 20.8 Å². The zero-order valence-electron chi connectivity index (χ0n) is 15.2. The van der Waals surface area contributed by atoms with Gasteiger partial charge >= 0.3 is 5.97 Å². The quantitative estimate of drug-likeness (QED) is 0.676. The van der Waals surface area contributed by atoms with Gasteiger partial charge in [0.05, 0.1) is 18.7 Å². The summed E-state index contributed by atoms with van der Waals surface area (Å²) in [4.78, 5) is 26.1. The molecule has 1 N–H and O–H groups in total. The number of carbonyl (C=O) groups is 2. The normalized spacial score (nSPS) is 22.9. The summed E-state index contributed by atoms with van der Waals surface area (Å²) in [6.07, 6.45) is 4.19. The summed E-state index contributed by atoms with van der Waals surface area (Å²) in [7, 11) is 0. The molecule has 3 unspecified atom stereocenters. The molecule has 1 saturated heterocycles. The number of carboxylic acid groups (broad SMARTS) is 1. The topological polar surface area (TPSA) is 80.7 Å². The maximum atomic E-state index is 13.1. The van der Waals surface area contributed by atoms with E-state index in [9.17, 15) is 14.1 Å². The molecule has 0 aliphatic carbocycles. The summed E-state index contributed by atoms with van der Waals surface area (Å²) < 4.78 is 11.5. The van der Waals surface area contributed by atoms with Crippen molar-refractivity contribution in [2.45, 2.75) is 51.1 Å². The number of hydrogen-bond acceptors (Lipinski definition) is 3. The molecule has 0 spiro atoms. The minimum Gasteiger partial charge on any atom is -0.617 e. The first kappa shape index (κ1) is 21.1. The molecular formula is C19H26ClNO4S. The van der Waals surface area contributed by atoms with Crippen LogP contribution in [0, 0.1) is 5.92 Å². The average molecular weight is 400 g/mol. The summed E-state index contributed by atoms with van der Waals surface area (Å²) in [6, 6.07) is 7.32. The third kappa shape index (κ3) is 5.38. The van der Waals surface area contributed by atoms with Gasteiger partial charge in [0, 0.05) is 23.4 Å². The first-order valence-electron chi connectivity index (χ1n) is 8.93. The Hall–Kier alpha value is -1.24. The van der Waals surface area contributed by atoms with E-state index in [0.717, 1.165) is 18.4 Å². The van der Waals surface area contributed by atoms with Gasteiger partial charge in [0.25, 0.3) is 0 Å². The first-order valence-corrected chi connectivity index (χ1v) is 11.0. The number of likely N-dealkylation sites (tertiary alicyclic amines) is 1. The Balaban J connectivity index is 2.31. The summed E-state index contributed by atoms with van der Waals surface area (Å²) in [5.41, 5.74) is 1.01. The van der Waals surface area contributed by atoms with Gasteiger partial charge in [0.15, 0.2) is 0 Å². The minimum absolute atomic E-state index is 0.0522. The zero-order valence-corrected chi connectivity index (χ0v) is 16.8. The standard InChI is InChI=1S/C19H26ClNO4S/c1-3-16(10-11-26(2)25)21-17(13-4-7-15(20)8-5-13)9-6-14(19(21)24)12-18(22)23/h4-5,7-8,14,16-17H,3,6,9-12H2,1-2H3,(H,22,23)/t14?,16?,17-,26?/m0/s1. The fourth-order valence-corrected chi connectivity index (χ4v) is 4.40. The van der Waals surface area contributed by atoms with Crippen LogP contribution in [0.5, 0.6) is 0 Å². The van der Waals surface area contributed by atoms with E-state index in [1.54, 1.807) is 6.26 Å². The second-order valence-electron chi connectivity index (χ2n) is 6.81. The maximum Gasteiger partial charge on any atom is 0.304 e. The Morgan fingerprint density at radius 3 is 2.58 bits per heavy atom. The first-order chi connectivity index (χ1) is 12.3. The number of aliphatic carboxylic acids is 1. The van der Waals surface area contributed by atoms with Gasteiger partial charge in [0.2, 0.25) is 5.91 Å². The largest absolute Gasteiger partial charge is 0.617 e. The van der Waals surface area contributed by atoms with Crippen LogP contribution in [0.25, 0.3) is 0 Å². The van der Waals surface area contributed by atoms with Crippen molar-refractivity contribution in [2.75, 3.05) is 12.0 Å². The number of carboxylic acids is 1. The van der Waals surface area contributed by atoms with Crippen LogP contribution in [0.2, 0.25) is 5.02 Å². The van der Waals surface area contributed by atoms with Gasteiger partial charge in [-0.15, -0.1) is 0 Å². The summed E-state index contributed by atoms with van der Waals surface area (Å²) in [5, 5.41) is 9.77. The number of carbonyl (C=O) groups excluding carboxylic acids is 1. The number of amides is 1. The van der Waals surface area contributed by atoms with E-state index < -0.39 is 23.1 Å². The molecule has 1 aliphatic heterocycles. The van der Waals surface area contributed by atoms with Gasteiger partial charge in [-0.05, 0) is 37.0 Å². The lowest BCUT2D eigenvalue weighted by Gasteiger charge is -2.44. The third-order valence-electron chi connectivity index (χ3n) is 5.01. The van der Waals surface area contributed by atoms with Crippen LogP contribution in [-0.4, -0.2) is 44.5 Å². The van der Waals surface area contributed by atoms with Crippen molar-refractivity contribution in [3.05, 3.63) is 34.9 Å². The highest BCUT2D eigenvalue weighted by Crippen LogP contribution is 2.38. The molecule has 4 atom stereocenters. The second-order valence-corrected chi connectivity index (χ2v) is 8.80. The molecule has 1 fully saturated rings. The molecule has 1 aliphatic rings. The molecule has 26 heavy (non-hydrogen) atoms. The summed E-state index contributed by atoms with van der Waals surface area (Å²) in [5.74, 6) is -1.01. The molecule has 5 nitrogen and oxygen atoms in total. The monoisotopic (exact) mass is 399 g/mol. The average Bonchev–Trinajstić information content (AvgIpc) is 2.58. The number of piperidine rings is 1. The molecule has 1 aromatic rings. The van der Waals surface area contributed by atoms with E-state index >= 15 is 0 Å². The van der Waals surface area contributed by atoms with E-state index in [2.05, 4.69) is 0 Å². The highest BCUT2D eigenvalue weighted by molar-refractivity contribution is 7.90. The third-order valence-corrected chi connectivity index (χ3v) is 6.07. The predicted octanol–water partition coefficient (Wildman–Crippen LogP) is 3.64. The maximum absolute atomic E-state index is 13.1. The smallest absolute Gasteiger partial charge is 0.304 e. The number of rotatable bonds is 8. The summed E-state index contributed by atoms with van der Waals surface area (Å²) >= 11 is 5.06. The Kier molecular flexibility index (Phi) is 7.80. The predicted molar refractivity (Wildman–Crippen MR) is 104 cm³/mol. The van der Waals surface area contributed by atoms with Crippen molar-refractivity contribution in [1.29, 1.82) is 0 Å². The van der Waals surface area contributed by atoms with Crippen LogP contribution in [0.1, 0.15) is 50.6 Å².